The van der Waals surface area contributed by atoms with Crippen molar-refractivity contribution in [1.29, 1.82) is 0 Å². The number of hydrogen-bond acceptors (Lipinski definition) is 3. The third-order valence-electron chi connectivity index (χ3n) is 3.00. The van der Waals surface area contributed by atoms with E-state index >= 15 is 0 Å². The highest BCUT2D eigenvalue weighted by Crippen LogP contribution is 2.34. The number of carboxylic acid groups (broad SMARTS) is 1. The summed E-state index contributed by atoms with van der Waals surface area (Å²) in [5.74, 6) is 1.72. The summed E-state index contributed by atoms with van der Waals surface area (Å²) >= 11 is 6.07. The molecule has 108 valence electrons. The maximum Gasteiger partial charge on any atom is 0.308 e. The van der Waals surface area contributed by atoms with Gasteiger partial charge in [0.15, 0.2) is 0 Å². The first-order valence-electron chi connectivity index (χ1n) is 6.16. The van der Waals surface area contributed by atoms with Gasteiger partial charge in [0, 0.05) is 17.6 Å². The van der Waals surface area contributed by atoms with Gasteiger partial charge in [0.25, 0.3) is 0 Å². The minimum Gasteiger partial charge on any atom is -0.495 e. The van der Waals surface area contributed by atoms with Gasteiger partial charge < -0.3 is 14.7 Å². The lowest BCUT2D eigenvalue weighted by atomic mass is 10.1. The molecule has 1 aromatic rings. The first-order chi connectivity index (χ1) is 9.40. The molecule has 0 bridgehead atoms. The van der Waals surface area contributed by atoms with Gasteiger partial charge in [0.2, 0.25) is 0 Å². The Morgan fingerprint density at radius 2 is 2.25 bits per heavy atom. The van der Waals surface area contributed by atoms with Crippen LogP contribution in [0, 0.1) is 25.2 Å². The summed E-state index contributed by atoms with van der Waals surface area (Å²) in [6, 6.07) is 3.56. The van der Waals surface area contributed by atoms with E-state index in [9.17, 15) is 4.79 Å². The number of methoxy groups -OCH3 is 1. The van der Waals surface area contributed by atoms with Crippen molar-refractivity contribution in [3.63, 3.8) is 0 Å². The molecule has 0 fully saturated rings. The summed E-state index contributed by atoms with van der Waals surface area (Å²) in [6.45, 7) is 4.12. The van der Waals surface area contributed by atoms with Crippen molar-refractivity contribution in [2.24, 2.45) is 5.92 Å². The number of aryl methyl sites for hydroxylation is 1. The minimum atomic E-state index is -0.864. The minimum absolute atomic E-state index is 0.301. The SMILES string of the molecule is C#CCN(CC(C)C(=O)O)c1cc(C)c(Cl)cc1OC. The summed E-state index contributed by atoms with van der Waals surface area (Å²) in [6.07, 6.45) is 5.37. The molecule has 1 aromatic carbocycles. The van der Waals surface area contributed by atoms with Gasteiger partial charge in [0.05, 0.1) is 25.3 Å². The van der Waals surface area contributed by atoms with E-state index in [1.54, 1.807) is 25.0 Å². The number of nitrogens with zero attached hydrogens (tertiary/aromatic N) is 1. The molecule has 0 aliphatic carbocycles. The molecule has 20 heavy (non-hydrogen) atoms. The van der Waals surface area contributed by atoms with E-state index < -0.39 is 11.9 Å². The Morgan fingerprint density at radius 1 is 1.60 bits per heavy atom. The van der Waals surface area contributed by atoms with E-state index in [1.807, 2.05) is 13.0 Å². The second-order valence-corrected chi connectivity index (χ2v) is 5.00. The lowest BCUT2D eigenvalue weighted by Crippen LogP contribution is -2.32. The van der Waals surface area contributed by atoms with Crippen molar-refractivity contribution >= 4 is 23.3 Å². The van der Waals surface area contributed by atoms with Gasteiger partial charge in [-0.15, -0.1) is 6.42 Å². The topological polar surface area (TPSA) is 49.8 Å². The Bertz CT molecular complexity index is 537. The van der Waals surface area contributed by atoms with Gasteiger partial charge in [0.1, 0.15) is 5.75 Å². The highest BCUT2D eigenvalue weighted by molar-refractivity contribution is 6.31. The zero-order chi connectivity index (χ0) is 15.3. The standard InChI is InChI=1S/C15H18ClNO3/c1-5-6-17(9-11(3)15(18)19)13-7-10(2)12(16)8-14(13)20-4/h1,7-8,11H,6,9H2,2-4H3,(H,18,19). The molecule has 1 N–H and O–H groups in total. The lowest BCUT2D eigenvalue weighted by Gasteiger charge is -2.26. The molecule has 1 unspecified atom stereocenters. The van der Waals surface area contributed by atoms with Crippen LogP contribution in [0.5, 0.6) is 5.75 Å². The van der Waals surface area contributed by atoms with Crippen LogP contribution in [0.25, 0.3) is 0 Å². The van der Waals surface area contributed by atoms with Crippen molar-refractivity contribution < 1.29 is 14.6 Å². The Labute approximate surface area is 124 Å². The quantitative estimate of drug-likeness (QED) is 0.820. The van der Waals surface area contributed by atoms with Crippen molar-refractivity contribution in [3.05, 3.63) is 22.7 Å². The number of carboxylic acids is 1. The van der Waals surface area contributed by atoms with E-state index in [0.717, 1.165) is 11.3 Å². The number of aliphatic carboxylic acids is 1. The highest BCUT2D eigenvalue weighted by Gasteiger charge is 2.19. The lowest BCUT2D eigenvalue weighted by molar-refractivity contribution is -0.140. The fraction of sp³-hybridized carbons (Fsp3) is 0.400. The van der Waals surface area contributed by atoms with Crippen LogP contribution in [0.15, 0.2) is 12.1 Å². The second kappa shape index (κ2) is 7.06. The molecule has 5 heteroatoms. The van der Waals surface area contributed by atoms with E-state index in [0.29, 0.717) is 23.9 Å². The molecule has 0 saturated heterocycles. The van der Waals surface area contributed by atoms with Crippen molar-refractivity contribution in [2.45, 2.75) is 13.8 Å². The smallest absolute Gasteiger partial charge is 0.308 e. The highest BCUT2D eigenvalue weighted by atomic mass is 35.5. The number of halogens is 1. The number of terminal acetylenes is 1. The van der Waals surface area contributed by atoms with Gasteiger partial charge in [-0.2, -0.15) is 0 Å². The first kappa shape index (κ1) is 16.2. The van der Waals surface area contributed by atoms with Gasteiger partial charge in [-0.25, -0.2) is 0 Å². The van der Waals surface area contributed by atoms with E-state index in [-0.39, 0.29) is 0 Å². The van der Waals surface area contributed by atoms with E-state index in [4.69, 9.17) is 27.9 Å². The number of anilines is 1. The number of ether oxygens (including phenoxy) is 1. The van der Waals surface area contributed by atoms with Crippen LogP contribution in [0.1, 0.15) is 12.5 Å². The van der Waals surface area contributed by atoms with E-state index in [1.165, 1.54) is 0 Å². The van der Waals surface area contributed by atoms with Crippen LogP contribution in [0.4, 0.5) is 5.69 Å². The van der Waals surface area contributed by atoms with Crippen LogP contribution in [0.3, 0.4) is 0 Å². The summed E-state index contributed by atoms with van der Waals surface area (Å²) in [7, 11) is 1.54. The van der Waals surface area contributed by atoms with E-state index in [2.05, 4.69) is 5.92 Å². The average Bonchev–Trinajstić information content (AvgIpc) is 2.40. The van der Waals surface area contributed by atoms with Crippen molar-refractivity contribution in [1.82, 2.24) is 0 Å². The Morgan fingerprint density at radius 3 is 2.75 bits per heavy atom. The monoisotopic (exact) mass is 295 g/mol. The maximum atomic E-state index is 11.0. The van der Waals surface area contributed by atoms with Crippen LogP contribution in [0.2, 0.25) is 5.02 Å². The van der Waals surface area contributed by atoms with Gasteiger partial charge in [-0.1, -0.05) is 24.4 Å². The number of rotatable bonds is 6. The Hall–Kier alpha value is -1.86. The molecule has 0 radical (unpaired) electrons. The summed E-state index contributed by atoms with van der Waals surface area (Å²) in [5.41, 5.74) is 1.63. The molecule has 0 spiro atoms. The number of hydrogen-bond donors (Lipinski definition) is 1. The molecule has 0 aliphatic rings. The summed E-state index contributed by atoms with van der Waals surface area (Å²) < 4.78 is 5.31. The van der Waals surface area contributed by atoms with Crippen molar-refractivity contribution in [2.75, 3.05) is 25.1 Å². The normalized spacial score (nSPS) is 11.6. The average molecular weight is 296 g/mol. The zero-order valence-electron chi connectivity index (χ0n) is 11.8. The Balaban J connectivity index is 3.17. The van der Waals surface area contributed by atoms with Crippen molar-refractivity contribution in [3.8, 4) is 18.1 Å². The fourth-order valence-corrected chi connectivity index (χ4v) is 1.98. The molecule has 0 aliphatic heterocycles. The van der Waals surface area contributed by atoms with Gasteiger partial charge in [-0.05, 0) is 18.6 Å². The first-order valence-corrected chi connectivity index (χ1v) is 6.53. The third kappa shape index (κ3) is 3.82. The molecule has 1 atom stereocenters. The maximum absolute atomic E-state index is 11.0. The molecule has 0 amide bonds. The predicted molar refractivity (Wildman–Crippen MR) is 80.6 cm³/mol. The number of benzene rings is 1. The third-order valence-corrected chi connectivity index (χ3v) is 3.41. The number of carbonyl (C=O) groups is 1. The van der Waals surface area contributed by atoms with Crippen LogP contribution in [-0.2, 0) is 4.79 Å². The fourth-order valence-electron chi connectivity index (χ4n) is 1.83. The van der Waals surface area contributed by atoms with Gasteiger partial charge in [-0.3, -0.25) is 4.79 Å². The molecule has 0 saturated carbocycles. The summed E-state index contributed by atoms with van der Waals surface area (Å²) in [5, 5.41) is 9.64. The molecular formula is C15H18ClNO3. The predicted octanol–water partition coefficient (Wildman–Crippen LogP) is 2.82. The molecule has 0 heterocycles. The Kier molecular flexibility index (Phi) is 5.72. The van der Waals surface area contributed by atoms with Crippen LogP contribution >= 0.6 is 11.6 Å². The summed E-state index contributed by atoms with van der Waals surface area (Å²) in [4.78, 5) is 12.8. The van der Waals surface area contributed by atoms with Crippen LogP contribution in [-0.4, -0.2) is 31.3 Å². The second-order valence-electron chi connectivity index (χ2n) is 4.60. The molecule has 1 rings (SSSR count). The zero-order valence-corrected chi connectivity index (χ0v) is 12.6. The molecule has 0 aromatic heterocycles. The van der Waals surface area contributed by atoms with Gasteiger partial charge >= 0.3 is 5.97 Å². The molecule has 4 nitrogen and oxygen atoms in total. The molecular weight excluding hydrogens is 278 g/mol. The largest absolute Gasteiger partial charge is 0.495 e. The van der Waals surface area contributed by atoms with Crippen LogP contribution < -0.4 is 9.64 Å².